The highest BCUT2D eigenvalue weighted by molar-refractivity contribution is 7.89. The van der Waals surface area contributed by atoms with Crippen molar-refractivity contribution >= 4 is 55.6 Å². The number of carbonyl (C=O) groups is 1. The van der Waals surface area contributed by atoms with Crippen molar-refractivity contribution in [2.45, 2.75) is 18.4 Å². The number of hydrogen-bond acceptors (Lipinski definition) is 6. The van der Waals surface area contributed by atoms with Crippen LogP contribution in [0.5, 0.6) is 0 Å². The third-order valence-corrected chi connectivity index (χ3v) is 7.73. The molecule has 1 aliphatic rings. The predicted molar refractivity (Wildman–Crippen MR) is 107 cm³/mol. The molecule has 1 N–H and O–H groups in total. The van der Waals surface area contributed by atoms with Crippen LogP contribution in [0.4, 0.5) is 5.13 Å². The SMILES string of the molecule is CC(=O)Nc1nc(CN2CCN(S(=O)(=O)c3c(Cl)cccc3Cl)CC2)cs1. The maximum Gasteiger partial charge on any atom is 0.246 e. The Balaban J connectivity index is 1.63. The van der Waals surface area contributed by atoms with Crippen LogP contribution < -0.4 is 5.32 Å². The Morgan fingerprint density at radius 3 is 2.44 bits per heavy atom. The van der Waals surface area contributed by atoms with Gasteiger partial charge in [-0.3, -0.25) is 9.69 Å². The molecule has 0 unspecified atom stereocenters. The number of amides is 1. The number of halogens is 2. The fraction of sp³-hybridized carbons (Fsp3) is 0.375. The number of anilines is 1. The summed E-state index contributed by atoms with van der Waals surface area (Å²) in [6.07, 6.45) is 0. The van der Waals surface area contributed by atoms with Crippen LogP contribution in [0.2, 0.25) is 10.0 Å². The highest BCUT2D eigenvalue weighted by Gasteiger charge is 2.31. The van der Waals surface area contributed by atoms with Crippen LogP contribution in [0.3, 0.4) is 0 Å². The number of thiazole rings is 1. The summed E-state index contributed by atoms with van der Waals surface area (Å²) in [6, 6.07) is 4.65. The minimum atomic E-state index is -3.75. The molecule has 0 atom stereocenters. The smallest absolute Gasteiger partial charge is 0.246 e. The number of sulfonamides is 1. The van der Waals surface area contributed by atoms with E-state index in [2.05, 4.69) is 15.2 Å². The van der Waals surface area contributed by atoms with Crippen molar-refractivity contribution in [1.29, 1.82) is 0 Å². The molecule has 2 heterocycles. The number of rotatable bonds is 5. The lowest BCUT2D eigenvalue weighted by molar-refractivity contribution is -0.114. The van der Waals surface area contributed by atoms with Gasteiger partial charge in [-0.25, -0.2) is 13.4 Å². The maximum absolute atomic E-state index is 12.9. The Morgan fingerprint density at radius 1 is 1.22 bits per heavy atom. The first-order valence-electron chi connectivity index (χ1n) is 8.16. The summed E-state index contributed by atoms with van der Waals surface area (Å²) < 4.78 is 27.2. The zero-order valence-corrected chi connectivity index (χ0v) is 17.6. The van der Waals surface area contributed by atoms with Crippen LogP contribution in [-0.4, -0.2) is 54.7 Å². The zero-order chi connectivity index (χ0) is 19.6. The first kappa shape index (κ1) is 20.5. The quantitative estimate of drug-likeness (QED) is 0.759. The summed E-state index contributed by atoms with van der Waals surface area (Å²) in [5, 5.41) is 5.35. The second-order valence-electron chi connectivity index (χ2n) is 6.06. The summed E-state index contributed by atoms with van der Waals surface area (Å²) in [4.78, 5) is 17.5. The van der Waals surface area contributed by atoms with Crippen LogP contribution in [0.1, 0.15) is 12.6 Å². The van der Waals surface area contributed by atoms with Crippen LogP contribution in [-0.2, 0) is 21.4 Å². The fourth-order valence-corrected chi connectivity index (χ4v) is 6.06. The number of nitrogens with one attached hydrogen (secondary N) is 1. The molecule has 7 nitrogen and oxygen atoms in total. The summed E-state index contributed by atoms with van der Waals surface area (Å²) in [7, 11) is -3.75. The maximum atomic E-state index is 12.9. The van der Waals surface area contributed by atoms with Gasteiger partial charge in [0.05, 0.1) is 15.7 Å². The molecule has 1 aliphatic heterocycles. The largest absolute Gasteiger partial charge is 0.302 e. The standard InChI is InChI=1S/C16H18Cl2N4O3S2/c1-11(23)19-16-20-12(10-26-16)9-21-5-7-22(8-6-21)27(24,25)15-13(17)3-2-4-14(15)18/h2-4,10H,5-9H2,1H3,(H,19,20,23). The minimum absolute atomic E-state index is 0.0405. The molecule has 1 aromatic carbocycles. The molecular formula is C16H18Cl2N4O3S2. The lowest BCUT2D eigenvalue weighted by Gasteiger charge is -2.33. The zero-order valence-electron chi connectivity index (χ0n) is 14.5. The Morgan fingerprint density at radius 2 is 1.85 bits per heavy atom. The van der Waals surface area contributed by atoms with Crippen LogP contribution in [0, 0.1) is 0 Å². The van der Waals surface area contributed by atoms with Gasteiger partial charge in [0.25, 0.3) is 0 Å². The number of hydrogen-bond donors (Lipinski definition) is 1. The Hall–Kier alpha value is -1.23. The molecule has 0 spiro atoms. The minimum Gasteiger partial charge on any atom is -0.302 e. The highest BCUT2D eigenvalue weighted by atomic mass is 35.5. The molecule has 0 aliphatic carbocycles. The average Bonchev–Trinajstić information content (AvgIpc) is 3.01. The van der Waals surface area contributed by atoms with Gasteiger partial charge in [0.15, 0.2) is 5.13 Å². The molecule has 1 aromatic heterocycles. The normalized spacial score (nSPS) is 16.4. The Kier molecular flexibility index (Phi) is 6.39. The lowest BCUT2D eigenvalue weighted by Crippen LogP contribution is -2.48. The third kappa shape index (κ3) is 4.79. The third-order valence-electron chi connectivity index (χ3n) is 4.07. The lowest BCUT2D eigenvalue weighted by atomic mass is 10.3. The van der Waals surface area contributed by atoms with E-state index in [9.17, 15) is 13.2 Å². The van der Waals surface area contributed by atoms with Crippen molar-refractivity contribution in [3.8, 4) is 0 Å². The second-order valence-corrected chi connectivity index (χ2v) is 9.60. The molecule has 1 amide bonds. The van der Waals surface area contributed by atoms with E-state index in [1.165, 1.54) is 34.7 Å². The van der Waals surface area contributed by atoms with Crippen LogP contribution in [0.25, 0.3) is 0 Å². The van der Waals surface area contributed by atoms with E-state index in [-0.39, 0.29) is 20.8 Å². The molecule has 146 valence electrons. The highest BCUT2D eigenvalue weighted by Crippen LogP contribution is 2.32. The van der Waals surface area contributed by atoms with Crippen LogP contribution >= 0.6 is 34.5 Å². The van der Waals surface area contributed by atoms with Gasteiger partial charge in [0.2, 0.25) is 15.9 Å². The van der Waals surface area contributed by atoms with Crippen LogP contribution in [0.15, 0.2) is 28.5 Å². The van der Waals surface area contributed by atoms with Gasteiger partial charge in [0, 0.05) is 45.0 Å². The first-order chi connectivity index (χ1) is 12.8. The van der Waals surface area contributed by atoms with Crippen molar-refractivity contribution in [3.63, 3.8) is 0 Å². The molecule has 11 heteroatoms. The summed E-state index contributed by atoms with van der Waals surface area (Å²) in [5.41, 5.74) is 0.842. The number of carbonyl (C=O) groups excluding carboxylic acids is 1. The van der Waals surface area contributed by atoms with Gasteiger partial charge in [0.1, 0.15) is 4.90 Å². The van der Waals surface area contributed by atoms with Gasteiger partial charge in [-0.05, 0) is 12.1 Å². The fourth-order valence-electron chi connectivity index (χ4n) is 2.80. The molecule has 0 saturated carbocycles. The van der Waals surface area contributed by atoms with Crippen molar-refractivity contribution in [2.75, 3.05) is 31.5 Å². The van der Waals surface area contributed by atoms with E-state index in [1.807, 2.05) is 5.38 Å². The monoisotopic (exact) mass is 448 g/mol. The summed E-state index contributed by atoms with van der Waals surface area (Å²) in [5.74, 6) is -0.159. The second kappa shape index (κ2) is 8.42. The van der Waals surface area contributed by atoms with Crippen molar-refractivity contribution in [2.24, 2.45) is 0 Å². The predicted octanol–water partition coefficient (Wildman–Crippen LogP) is 2.91. The van der Waals surface area contributed by atoms with E-state index in [1.54, 1.807) is 6.07 Å². The number of benzene rings is 1. The molecule has 1 saturated heterocycles. The molecular weight excluding hydrogens is 431 g/mol. The molecule has 0 bridgehead atoms. The molecule has 2 aromatic rings. The topological polar surface area (TPSA) is 82.6 Å². The van der Waals surface area contributed by atoms with Gasteiger partial charge in [-0.15, -0.1) is 11.3 Å². The van der Waals surface area contributed by atoms with Gasteiger partial charge < -0.3 is 5.32 Å². The molecule has 0 radical (unpaired) electrons. The van der Waals surface area contributed by atoms with E-state index in [4.69, 9.17) is 23.2 Å². The number of aromatic nitrogens is 1. The number of nitrogens with zero attached hydrogens (tertiary/aromatic N) is 3. The summed E-state index contributed by atoms with van der Waals surface area (Å²) in [6.45, 7) is 3.84. The van der Waals surface area contributed by atoms with Crippen molar-refractivity contribution in [3.05, 3.63) is 39.3 Å². The summed E-state index contributed by atoms with van der Waals surface area (Å²) >= 11 is 13.5. The van der Waals surface area contributed by atoms with Crippen molar-refractivity contribution < 1.29 is 13.2 Å². The van der Waals surface area contributed by atoms with Gasteiger partial charge in [-0.1, -0.05) is 29.3 Å². The van der Waals surface area contributed by atoms with E-state index >= 15 is 0 Å². The van der Waals surface area contributed by atoms with Gasteiger partial charge in [-0.2, -0.15) is 4.31 Å². The van der Waals surface area contributed by atoms with Crippen molar-refractivity contribution in [1.82, 2.24) is 14.2 Å². The Bertz CT molecular complexity index is 921. The number of piperazine rings is 1. The van der Waals surface area contributed by atoms with Gasteiger partial charge >= 0.3 is 0 Å². The Labute approximate surface area is 171 Å². The molecule has 27 heavy (non-hydrogen) atoms. The molecule has 1 fully saturated rings. The molecule has 3 rings (SSSR count). The van der Waals surface area contributed by atoms with E-state index < -0.39 is 10.0 Å². The van der Waals surface area contributed by atoms with E-state index in [0.717, 1.165) is 5.69 Å². The average molecular weight is 449 g/mol. The first-order valence-corrected chi connectivity index (χ1v) is 11.2. The van der Waals surface area contributed by atoms with E-state index in [0.29, 0.717) is 37.9 Å².